The van der Waals surface area contributed by atoms with Gasteiger partial charge in [-0.15, -0.1) is 0 Å². The van der Waals surface area contributed by atoms with Crippen LogP contribution in [-0.4, -0.2) is 73.4 Å². The van der Waals surface area contributed by atoms with Gasteiger partial charge in [0.1, 0.15) is 13.2 Å². The maximum atomic E-state index is 12.9. The van der Waals surface area contributed by atoms with Crippen molar-refractivity contribution in [1.82, 2.24) is 5.32 Å². The quantitative estimate of drug-likeness (QED) is 0.0243. The first-order chi connectivity index (χ1) is 30.5. The molecule has 3 atom stereocenters. The number of nitrogens with zero attached hydrogens (tertiary/aromatic N) is 1. The Bertz CT molecular complexity index is 1170. The van der Waals surface area contributed by atoms with Crippen LogP contribution in [0.5, 0.6) is 0 Å². The first-order valence-corrected chi connectivity index (χ1v) is 28.0. The Hall–Kier alpha value is -1.54. The van der Waals surface area contributed by atoms with Gasteiger partial charge in [0.05, 0.1) is 39.9 Å². The molecular formula is C54H104N2O6P+. The van der Waals surface area contributed by atoms with Crippen LogP contribution in [0.25, 0.3) is 0 Å². The van der Waals surface area contributed by atoms with Crippen molar-refractivity contribution in [3.8, 4) is 0 Å². The molecule has 0 heterocycles. The summed E-state index contributed by atoms with van der Waals surface area (Å²) in [5.41, 5.74) is 0. The summed E-state index contributed by atoms with van der Waals surface area (Å²) < 4.78 is 23.6. The molecule has 3 N–H and O–H groups in total. The molecule has 0 fully saturated rings. The normalized spacial score (nSPS) is 14.5. The molecule has 63 heavy (non-hydrogen) atoms. The van der Waals surface area contributed by atoms with Crippen LogP contribution in [0.3, 0.4) is 0 Å². The fourth-order valence-electron chi connectivity index (χ4n) is 7.56. The molecule has 370 valence electrons. The minimum absolute atomic E-state index is 0.0561. The molecule has 3 unspecified atom stereocenters. The molecule has 9 heteroatoms. The fourth-order valence-corrected chi connectivity index (χ4v) is 8.29. The third-order valence-electron chi connectivity index (χ3n) is 11.8. The Balaban J connectivity index is 4.11. The molecule has 0 aliphatic carbocycles. The van der Waals surface area contributed by atoms with Gasteiger partial charge in [0, 0.05) is 6.42 Å². The third-order valence-corrected chi connectivity index (χ3v) is 12.8. The average molecular weight is 908 g/mol. The van der Waals surface area contributed by atoms with E-state index < -0.39 is 20.0 Å². The highest BCUT2D eigenvalue weighted by atomic mass is 31.2. The van der Waals surface area contributed by atoms with E-state index in [1.165, 1.54) is 173 Å². The van der Waals surface area contributed by atoms with Gasteiger partial charge in [0.25, 0.3) is 0 Å². The lowest BCUT2D eigenvalue weighted by Gasteiger charge is -2.25. The molecule has 0 saturated carbocycles. The first-order valence-electron chi connectivity index (χ1n) is 26.5. The van der Waals surface area contributed by atoms with Crippen molar-refractivity contribution >= 4 is 13.7 Å². The molecule has 0 rings (SSSR count). The average Bonchev–Trinajstić information content (AvgIpc) is 3.24. The van der Waals surface area contributed by atoms with E-state index >= 15 is 0 Å². The number of aliphatic hydroxyl groups excluding tert-OH is 1. The van der Waals surface area contributed by atoms with Crippen LogP contribution in [0.15, 0.2) is 48.6 Å². The first kappa shape index (κ1) is 61.5. The second-order valence-corrected chi connectivity index (χ2v) is 20.7. The van der Waals surface area contributed by atoms with Crippen molar-refractivity contribution in [2.24, 2.45) is 0 Å². The van der Waals surface area contributed by atoms with E-state index in [1.54, 1.807) is 6.08 Å². The van der Waals surface area contributed by atoms with Crippen molar-refractivity contribution in [2.75, 3.05) is 40.9 Å². The molecule has 0 aromatic carbocycles. The largest absolute Gasteiger partial charge is 0.472 e. The number of rotatable bonds is 48. The SMILES string of the molecule is CCCCCCC/C=C\C/C=C\CCCCCCCCCCCCCCCCCCCC(=O)NC(COP(=O)(O)OCC[N+](C)(C)C)C(O)/C=C/CC/C=C/CCCCCCCC. The molecule has 8 nitrogen and oxygen atoms in total. The molecule has 0 radical (unpaired) electrons. The predicted molar refractivity (Wildman–Crippen MR) is 272 cm³/mol. The lowest BCUT2D eigenvalue weighted by atomic mass is 10.0. The lowest BCUT2D eigenvalue weighted by molar-refractivity contribution is -0.870. The number of unbranched alkanes of at least 4 members (excludes halogenated alkanes) is 29. The highest BCUT2D eigenvalue weighted by molar-refractivity contribution is 7.47. The molecule has 1 amide bonds. The molecule has 0 saturated heterocycles. The lowest BCUT2D eigenvalue weighted by Crippen LogP contribution is -2.45. The summed E-state index contributed by atoms with van der Waals surface area (Å²) in [4.78, 5) is 23.2. The highest BCUT2D eigenvalue weighted by Crippen LogP contribution is 2.43. The third kappa shape index (κ3) is 48.2. The number of likely N-dealkylation sites (N-methyl/N-ethyl adjacent to an activating group) is 1. The summed E-state index contributed by atoms with van der Waals surface area (Å²) in [5.74, 6) is -0.187. The number of allylic oxidation sites excluding steroid dienone is 7. The van der Waals surface area contributed by atoms with Crippen LogP contribution >= 0.6 is 7.82 Å². The maximum Gasteiger partial charge on any atom is 0.472 e. The van der Waals surface area contributed by atoms with E-state index in [9.17, 15) is 19.4 Å². The molecule has 0 spiro atoms. The van der Waals surface area contributed by atoms with Crippen LogP contribution in [0.1, 0.15) is 239 Å². The Labute approximate surface area is 390 Å². The van der Waals surface area contributed by atoms with E-state index in [1.807, 2.05) is 27.2 Å². The number of amides is 1. The minimum atomic E-state index is -4.35. The Morgan fingerprint density at radius 2 is 0.921 bits per heavy atom. The number of phosphoric ester groups is 1. The topological polar surface area (TPSA) is 105 Å². The zero-order chi connectivity index (χ0) is 46.4. The Morgan fingerprint density at radius 1 is 0.540 bits per heavy atom. The number of hydrogen-bond donors (Lipinski definition) is 3. The number of nitrogens with one attached hydrogen (secondary N) is 1. The fraction of sp³-hybridized carbons (Fsp3) is 0.833. The minimum Gasteiger partial charge on any atom is -0.387 e. The number of carbonyl (C=O) groups excluding carboxylic acids is 1. The van der Waals surface area contributed by atoms with Crippen LogP contribution in [0.2, 0.25) is 0 Å². The van der Waals surface area contributed by atoms with Gasteiger partial charge in [-0.1, -0.05) is 217 Å². The van der Waals surface area contributed by atoms with Gasteiger partial charge >= 0.3 is 7.82 Å². The maximum absolute atomic E-state index is 12.9. The van der Waals surface area contributed by atoms with Gasteiger partial charge in [0.15, 0.2) is 0 Å². The van der Waals surface area contributed by atoms with Gasteiger partial charge in [0.2, 0.25) is 5.91 Å². The summed E-state index contributed by atoms with van der Waals surface area (Å²) in [7, 11) is 1.56. The van der Waals surface area contributed by atoms with E-state index in [0.717, 1.165) is 44.9 Å². The van der Waals surface area contributed by atoms with Gasteiger partial charge in [-0.05, 0) is 64.2 Å². The van der Waals surface area contributed by atoms with Crippen molar-refractivity contribution in [2.45, 2.75) is 251 Å². The van der Waals surface area contributed by atoms with Crippen LogP contribution in [0, 0.1) is 0 Å². The summed E-state index contributed by atoms with van der Waals surface area (Å²) in [6, 6.07) is -0.861. The molecule has 0 bridgehead atoms. The van der Waals surface area contributed by atoms with E-state index in [2.05, 4.69) is 55.6 Å². The highest BCUT2D eigenvalue weighted by Gasteiger charge is 2.27. The van der Waals surface area contributed by atoms with Crippen molar-refractivity contribution in [3.05, 3.63) is 48.6 Å². The molecule has 0 aliphatic heterocycles. The number of carbonyl (C=O) groups is 1. The van der Waals surface area contributed by atoms with Gasteiger partial charge in [-0.25, -0.2) is 4.57 Å². The van der Waals surface area contributed by atoms with Crippen molar-refractivity contribution < 1.29 is 32.9 Å². The standard InChI is InChI=1S/C54H103N2O6P/c1-6-8-10-12-14-16-18-20-21-22-23-24-25-26-27-28-29-30-31-32-33-34-35-36-38-40-42-44-46-48-54(58)55-52(51-62-63(59,60)61-50-49-56(3,4)5)53(57)47-45-43-41-39-37-19-17-15-13-11-9-7-2/h18,20,22-23,37,39,45,47,52-53,57H,6-17,19,21,24-36,38,40-44,46,48-51H2,1-5H3,(H-,55,58,59,60)/p+1/b20-18-,23-22-,39-37+,47-45+. The van der Waals surface area contributed by atoms with Crippen LogP contribution in [0.4, 0.5) is 0 Å². The van der Waals surface area contributed by atoms with Gasteiger partial charge < -0.3 is 19.8 Å². The second-order valence-electron chi connectivity index (χ2n) is 19.2. The van der Waals surface area contributed by atoms with Crippen molar-refractivity contribution in [1.29, 1.82) is 0 Å². The molecule has 0 aromatic heterocycles. The monoisotopic (exact) mass is 908 g/mol. The number of quaternary nitrogens is 1. The molecular weight excluding hydrogens is 804 g/mol. The summed E-state index contributed by atoms with van der Waals surface area (Å²) in [5, 5.41) is 13.8. The smallest absolute Gasteiger partial charge is 0.387 e. The Kier molecular flexibility index (Phi) is 44.5. The van der Waals surface area contributed by atoms with Crippen LogP contribution in [-0.2, 0) is 18.4 Å². The summed E-state index contributed by atoms with van der Waals surface area (Å²) in [6.45, 7) is 4.77. The molecule has 0 aromatic rings. The second kappa shape index (κ2) is 45.6. The number of phosphoric acid groups is 1. The van der Waals surface area contributed by atoms with E-state index in [0.29, 0.717) is 17.4 Å². The summed E-state index contributed by atoms with van der Waals surface area (Å²) in [6.07, 6.45) is 59.3. The van der Waals surface area contributed by atoms with Crippen molar-refractivity contribution in [3.63, 3.8) is 0 Å². The zero-order valence-electron chi connectivity index (χ0n) is 42.1. The summed E-state index contributed by atoms with van der Waals surface area (Å²) >= 11 is 0. The number of hydrogen-bond acceptors (Lipinski definition) is 5. The number of aliphatic hydroxyl groups is 1. The van der Waals surface area contributed by atoms with Crippen LogP contribution < -0.4 is 5.32 Å². The van der Waals surface area contributed by atoms with Gasteiger partial charge in [-0.3, -0.25) is 13.8 Å². The van der Waals surface area contributed by atoms with E-state index in [4.69, 9.17) is 9.05 Å². The zero-order valence-corrected chi connectivity index (χ0v) is 43.0. The molecule has 0 aliphatic rings. The van der Waals surface area contributed by atoms with Gasteiger partial charge in [-0.2, -0.15) is 0 Å². The predicted octanol–water partition coefficient (Wildman–Crippen LogP) is 15.6. The van der Waals surface area contributed by atoms with E-state index in [-0.39, 0.29) is 19.1 Å². The Morgan fingerprint density at radius 3 is 1.37 bits per heavy atom.